The summed E-state index contributed by atoms with van der Waals surface area (Å²) in [6.45, 7) is 7.69. The van der Waals surface area contributed by atoms with Crippen molar-refractivity contribution in [2.24, 2.45) is 0 Å². The molecule has 0 saturated carbocycles. The number of hydrogen-bond acceptors (Lipinski definition) is 5. The summed E-state index contributed by atoms with van der Waals surface area (Å²) >= 11 is 0. The van der Waals surface area contributed by atoms with Crippen LogP contribution in [0.2, 0.25) is 0 Å². The molecule has 0 atom stereocenters. The third-order valence-corrected chi connectivity index (χ3v) is 3.05. The van der Waals surface area contributed by atoms with Gasteiger partial charge >= 0.3 is 0 Å². The molecule has 88 valence electrons. The monoisotopic (exact) mass is 221 g/mol. The minimum Gasteiger partial charge on any atom is -0.373 e. The zero-order chi connectivity index (χ0) is 11.4. The fraction of sp³-hybridized carbons (Fsp3) is 0.636. The van der Waals surface area contributed by atoms with Crippen LogP contribution in [-0.2, 0) is 0 Å². The number of piperazine rings is 1. The molecule has 2 heterocycles. The number of aromatic nitrogens is 2. The van der Waals surface area contributed by atoms with Crippen LogP contribution in [0.25, 0.3) is 0 Å². The highest BCUT2D eigenvalue weighted by Crippen LogP contribution is 2.15. The SMILES string of the molecule is CCN1CCN(c2cc(NC)ncn2)CC1. The molecular weight excluding hydrogens is 202 g/mol. The molecule has 1 aromatic heterocycles. The maximum Gasteiger partial charge on any atom is 0.134 e. The Bertz CT molecular complexity index is 333. The van der Waals surface area contributed by atoms with Gasteiger partial charge in [-0.3, -0.25) is 0 Å². The van der Waals surface area contributed by atoms with Crippen molar-refractivity contribution in [1.82, 2.24) is 14.9 Å². The normalized spacial score (nSPS) is 17.5. The molecule has 5 nitrogen and oxygen atoms in total. The lowest BCUT2D eigenvalue weighted by Gasteiger charge is -2.34. The van der Waals surface area contributed by atoms with Gasteiger partial charge in [-0.05, 0) is 6.54 Å². The minimum atomic E-state index is 0.878. The largest absolute Gasteiger partial charge is 0.373 e. The zero-order valence-corrected chi connectivity index (χ0v) is 9.98. The zero-order valence-electron chi connectivity index (χ0n) is 9.98. The van der Waals surface area contributed by atoms with E-state index in [0.29, 0.717) is 0 Å². The second-order valence-corrected chi connectivity index (χ2v) is 3.93. The first-order valence-electron chi connectivity index (χ1n) is 5.80. The van der Waals surface area contributed by atoms with E-state index >= 15 is 0 Å². The Labute approximate surface area is 96.5 Å². The van der Waals surface area contributed by atoms with Gasteiger partial charge in [0.2, 0.25) is 0 Å². The van der Waals surface area contributed by atoms with Crippen LogP contribution in [-0.4, -0.2) is 54.6 Å². The maximum atomic E-state index is 4.32. The summed E-state index contributed by atoms with van der Waals surface area (Å²) in [7, 11) is 1.88. The highest BCUT2D eigenvalue weighted by molar-refractivity contribution is 5.48. The average molecular weight is 221 g/mol. The topological polar surface area (TPSA) is 44.3 Å². The molecule has 0 bridgehead atoms. The van der Waals surface area contributed by atoms with Crippen LogP contribution in [0.15, 0.2) is 12.4 Å². The van der Waals surface area contributed by atoms with Crippen molar-refractivity contribution in [1.29, 1.82) is 0 Å². The van der Waals surface area contributed by atoms with Crippen molar-refractivity contribution < 1.29 is 0 Å². The maximum absolute atomic E-state index is 4.32. The Morgan fingerprint density at radius 3 is 2.62 bits per heavy atom. The van der Waals surface area contributed by atoms with Crippen molar-refractivity contribution >= 4 is 11.6 Å². The van der Waals surface area contributed by atoms with Crippen molar-refractivity contribution in [3.8, 4) is 0 Å². The van der Waals surface area contributed by atoms with Crippen molar-refractivity contribution in [3.05, 3.63) is 12.4 Å². The van der Waals surface area contributed by atoms with Crippen molar-refractivity contribution in [2.45, 2.75) is 6.92 Å². The van der Waals surface area contributed by atoms with Gasteiger partial charge in [0.25, 0.3) is 0 Å². The van der Waals surface area contributed by atoms with Gasteiger partial charge in [0.15, 0.2) is 0 Å². The summed E-state index contributed by atoms with van der Waals surface area (Å²) in [6, 6.07) is 2.00. The van der Waals surface area contributed by atoms with Crippen LogP contribution in [0.3, 0.4) is 0 Å². The predicted molar refractivity (Wildman–Crippen MR) is 65.9 cm³/mol. The van der Waals surface area contributed by atoms with Gasteiger partial charge in [-0.25, -0.2) is 9.97 Å². The lowest BCUT2D eigenvalue weighted by atomic mass is 10.3. The molecule has 1 fully saturated rings. The molecule has 0 aliphatic carbocycles. The van der Waals surface area contributed by atoms with Gasteiger partial charge in [-0.2, -0.15) is 0 Å². The van der Waals surface area contributed by atoms with E-state index in [1.165, 1.54) is 0 Å². The predicted octanol–water partition coefficient (Wildman–Crippen LogP) is 0.660. The molecule has 1 N–H and O–H groups in total. The van der Waals surface area contributed by atoms with E-state index in [-0.39, 0.29) is 0 Å². The Kier molecular flexibility index (Phi) is 3.56. The van der Waals surface area contributed by atoms with Crippen molar-refractivity contribution in [2.75, 3.05) is 50.0 Å². The smallest absolute Gasteiger partial charge is 0.134 e. The molecular formula is C11H19N5. The summed E-state index contributed by atoms with van der Waals surface area (Å²) < 4.78 is 0. The second-order valence-electron chi connectivity index (χ2n) is 3.93. The van der Waals surface area contributed by atoms with Gasteiger partial charge in [-0.15, -0.1) is 0 Å². The molecule has 1 aliphatic heterocycles. The molecule has 0 amide bonds. The lowest BCUT2D eigenvalue weighted by molar-refractivity contribution is 0.270. The van der Waals surface area contributed by atoms with Gasteiger partial charge in [0.05, 0.1) is 0 Å². The van der Waals surface area contributed by atoms with Gasteiger partial charge in [0.1, 0.15) is 18.0 Å². The molecule has 0 radical (unpaired) electrons. The Hall–Kier alpha value is -1.36. The van der Waals surface area contributed by atoms with Crippen LogP contribution >= 0.6 is 0 Å². The van der Waals surface area contributed by atoms with E-state index in [9.17, 15) is 0 Å². The number of rotatable bonds is 3. The highest BCUT2D eigenvalue weighted by Gasteiger charge is 2.16. The number of nitrogens with zero attached hydrogens (tertiary/aromatic N) is 4. The Morgan fingerprint density at radius 2 is 2.00 bits per heavy atom. The molecule has 0 aromatic carbocycles. The quantitative estimate of drug-likeness (QED) is 0.812. The van der Waals surface area contributed by atoms with E-state index in [1.807, 2.05) is 13.1 Å². The lowest BCUT2D eigenvalue weighted by Crippen LogP contribution is -2.46. The molecule has 1 saturated heterocycles. The van der Waals surface area contributed by atoms with Crippen LogP contribution < -0.4 is 10.2 Å². The Morgan fingerprint density at radius 1 is 1.25 bits per heavy atom. The summed E-state index contributed by atoms with van der Waals surface area (Å²) in [5.41, 5.74) is 0. The first-order valence-corrected chi connectivity index (χ1v) is 5.80. The van der Waals surface area contributed by atoms with Crippen LogP contribution in [0.1, 0.15) is 6.92 Å². The van der Waals surface area contributed by atoms with E-state index < -0.39 is 0 Å². The van der Waals surface area contributed by atoms with Gasteiger partial charge < -0.3 is 15.1 Å². The number of likely N-dealkylation sites (N-methyl/N-ethyl adjacent to an activating group) is 1. The average Bonchev–Trinajstić information content (AvgIpc) is 2.39. The van der Waals surface area contributed by atoms with E-state index in [1.54, 1.807) is 6.33 Å². The number of nitrogens with one attached hydrogen (secondary N) is 1. The Balaban J connectivity index is 2.02. The third kappa shape index (κ3) is 2.41. The first kappa shape index (κ1) is 11.1. The summed E-state index contributed by atoms with van der Waals surface area (Å²) in [5, 5.41) is 3.04. The molecule has 1 aliphatic rings. The highest BCUT2D eigenvalue weighted by atomic mass is 15.3. The van der Waals surface area contributed by atoms with E-state index in [2.05, 4.69) is 32.0 Å². The van der Waals surface area contributed by atoms with Gasteiger partial charge in [-0.1, -0.05) is 6.92 Å². The molecule has 1 aromatic rings. The minimum absolute atomic E-state index is 0.878. The van der Waals surface area contributed by atoms with Crippen LogP contribution in [0.4, 0.5) is 11.6 Å². The van der Waals surface area contributed by atoms with Crippen LogP contribution in [0.5, 0.6) is 0 Å². The van der Waals surface area contributed by atoms with E-state index in [0.717, 1.165) is 44.4 Å². The molecule has 0 unspecified atom stereocenters. The fourth-order valence-electron chi connectivity index (χ4n) is 1.95. The molecule has 5 heteroatoms. The third-order valence-electron chi connectivity index (χ3n) is 3.05. The van der Waals surface area contributed by atoms with Crippen LogP contribution in [0, 0.1) is 0 Å². The van der Waals surface area contributed by atoms with Crippen molar-refractivity contribution in [3.63, 3.8) is 0 Å². The fourth-order valence-corrected chi connectivity index (χ4v) is 1.95. The molecule has 0 spiro atoms. The number of hydrogen-bond donors (Lipinski definition) is 1. The summed E-state index contributed by atoms with van der Waals surface area (Å²) in [4.78, 5) is 13.2. The standard InChI is InChI=1S/C11H19N5/c1-3-15-4-6-16(7-5-15)11-8-10(12-2)13-9-14-11/h8-9H,3-7H2,1-2H3,(H,12,13,14). The summed E-state index contributed by atoms with van der Waals surface area (Å²) in [5.74, 6) is 1.90. The van der Waals surface area contributed by atoms with E-state index in [4.69, 9.17) is 0 Å². The molecule has 2 rings (SSSR count). The second kappa shape index (κ2) is 5.12. The van der Waals surface area contributed by atoms with Gasteiger partial charge in [0, 0.05) is 39.3 Å². The summed E-state index contributed by atoms with van der Waals surface area (Å²) in [6.07, 6.45) is 1.62. The molecule has 16 heavy (non-hydrogen) atoms. The first-order chi connectivity index (χ1) is 7.83. The number of anilines is 2.